The van der Waals surface area contributed by atoms with Crippen molar-refractivity contribution in [2.24, 2.45) is 4.99 Å². The molecule has 0 saturated carbocycles. The predicted octanol–water partition coefficient (Wildman–Crippen LogP) is 5.81. The van der Waals surface area contributed by atoms with Gasteiger partial charge >= 0.3 is 0 Å². The van der Waals surface area contributed by atoms with Crippen LogP contribution in [-0.4, -0.2) is 71.2 Å². The Bertz CT molecular complexity index is 1430. The highest BCUT2D eigenvalue weighted by Gasteiger charge is 2.27. The van der Waals surface area contributed by atoms with E-state index in [1.165, 1.54) is 41.4 Å². The molecule has 0 spiro atoms. The van der Waals surface area contributed by atoms with E-state index in [0.29, 0.717) is 10.9 Å². The Morgan fingerprint density at radius 2 is 1.71 bits per heavy atom. The molecular weight excluding hydrogens is 490 g/mol. The monoisotopic (exact) mass is 525 g/mol. The number of aromatic nitrogens is 1. The maximum atomic E-state index is 12.6. The SMILES string of the molecule is Cc1cc(-c2ccnc3ccc(C=C4SC(N5CCCC5)=NC4=O)cc23)ccc1N1CCN(C(C)C)CC1. The van der Waals surface area contributed by atoms with E-state index in [1.54, 1.807) is 0 Å². The minimum atomic E-state index is -0.135. The number of benzene rings is 2. The summed E-state index contributed by atoms with van der Waals surface area (Å²) in [5.41, 5.74) is 6.92. The Balaban J connectivity index is 1.26. The second-order valence-electron chi connectivity index (χ2n) is 10.8. The number of nitrogens with zero attached hydrogens (tertiary/aromatic N) is 5. The van der Waals surface area contributed by atoms with Gasteiger partial charge in [0.1, 0.15) is 0 Å². The molecule has 1 amide bonds. The number of aryl methyl sites for hydroxylation is 1. The number of hydrogen-bond acceptors (Lipinski definition) is 6. The number of carbonyl (C=O) groups is 1. The molecule has 4 heterocycles. The summed E-state index contributed by atoms with van der Waals surface area (Å²) in [4.78, 5) is 29.5. The van der Waals surface area contributed by atoms with Crippen molar-refractivity contribution < 1.29 is 4.79 Å². The van der Waals surface area contributed by atoms with Crippen LogP contribution in [0.4, 0.5) is 5.69 Å². The third-order valence-electron chi connectivity index (χ3n) is 7.94. The summed E-state index contributed by atoms with van der Waals surface area (Å²) in [6.07, 6.45) is 6.20. The smallest absolute Gasteiger partial charge is 0.286 e. The largest absolute Gasteiger partial charge is 0.369 e. The van der Waals surface area contributed by atoms with E-state index in [4.69, 9.17) is 0 Å². The molecule has 1 aromatic heterocycles. The number of anilines is 1. The Hall–Kier alpha value is -3.16. The fourth-order valence-corrected chi connectivity index (χ4v) is 6.72. The van der Waals surface area contributed by atoms with Crippen molar-refractivity contribution in [3.8, 4) is 11.1 Å². The van der Waals surface area contributed by atoms with Gasteiger partial charge in [0.25, 0.3) is 5.91 Å². The van der Waals surface area contributed by atoms with Crippen molar-refractivity contribution in [1.29, 1.82) is 0 Å². The van der Waals surface area contributed by atoms with Gasteiger partial charge < -0.3 is 9.80 Å². The number of piperazine rings is 1. The lowest BCUT2D eigenvalue weighted by molar-refractivity contribution is -0.113. The normalized spacial score (nSPS) is 19.8. The second-order valence-corrected chi connectivity index (χ2v) is 11.8. The molecule has 0 bridgehead atoms. The zero-order chi connectivity index (χ0) is 26.2. The number of rotatable bonds is 4. The molecule has 3 aliphatic heterocycles. The average molecular weight is 526 g/mol. The van der Waals surface area contributed by atoms with Crippen molar-refractivity contribution in [2.45, 2.75) is 39.7 Å². The number of thioether (sulfide) groups is 1. The number of amidine groups is 1. The van der Waals surface area contributed by atoms with Gasteiger partial charge in [-0.1, -0.05) is 12.1 Å². The zero-order valence-corrected chi connectivity index (χ0v) is 23.3. The average Bonchev–Trinajstić information content (AvgIpc) is 3.59. The van der Waals surface area contributed by atoms with Crippen LogP contribution in [0.5, 0.6) is 0 Å². The summed E-state index contributed by atoms with van der Waals surface area (Å²) < 4.78 is 0. The first kappa shape index (κ1) is 25.1. The van der Waals surface area contributed by atoms with Crippen molar-refractivity contribution in [3.05, 3.63) is 64.7 Å². The van der Waals surface area contributed by atoms with Gasteiger partial charge in [0, 0.05) is 62.6 Å². The van der Waals surface area contributed by atoms with E-state index >= 15 is 0 Å². The fourth-order valence-electron chi connectivity index (χ4n) is 5.76. The van der Waals surface area contributed by atoms with Crippen molar-refractivity contribution in [1.82, 2.24) is 14.8 Å². The van der Waals surface area contributed by atoms with Gasteiger partial charge in [-0.3, -0.25) is 14.7 Å². The molecule has 6 nitrogen and oxygen atoms in total. The van der Waals surface area contributed by atoms with Gasteiger partial charge in [0.2, 0.25) is 0 Å². The van der Waals surface area contributed by atoms with Gasteiger partial charge in [-0.15, -0.1) is 0 Å². The van der Waals surface area contributed by atoms with E-state index in [9.17, 15) is 4.79 Å². The number of likely N-dealkylation sites (tertiary alicyclic amines) is 1. The van der Waals surface area contributed by atoms with Gasteiger partial charge in [-0.2, -0.15) is 4.99 Å². The lowest BCUT2D eigenvalue weighted by Crippen LogP contribution is -2.49. The van der Waals surface area contributed by atoms with E-state index in [1.807, 2.05) is 24.4 Å². The molecule has 2 saturated heterocycles. The van der Waals surface area contributed by atoms with Crippen LogP contribution in [0.25, 0.3) is 28.1 Å². The standard InChI is InChI=1S/C31H35N5OS/c1-21(2)34-14-16-35(17-15-34)28-9-7-24(18-22(28)3)25-10-11-32-27-8-6-23(19-26(25)27)20-29-30(37)33-31(38-29)36-12-4-5-13-36/h6-11,18-21H,4-5,12-17H2,1-3H3. The van der Waals surface area contributed by atoms with E-state index in [-0.39, 0.29) is 5.91 Å². The van der Waals surface area contributed by atoms with Crippen LogP contribution in [-0.2, 0) is 4.79 Å². The van der Waals surface area contributed by atoms with E-state index < -0.39 is 0 Å². The minimum absolute atomic E-state index is 0.135. The van der Waals surface area contributed by atoms with Gasteiger partial charge in [0.15, 0.2) is 5.17 Å². The third kappa shape index (κ3) is 4.97. The number of amides is 1. The highest BCUT2D eigenvalue weighted by molar-refractivity contribution is 8.18. The summed E-state index contributed by atoms with van der Waals surface area (Å²) in [5, 5.41) is 1.94. The van der Waals surface area contributed by atoms with Gasteiger partial charge in [0.05, 0.1) is 10.4 Å². The number of carbonyl (C=O) groups excluding carboxylic acids is 1. The molecule has 0 unspecified atom stereocenters. The van der Waals surface area contributed by atoms with Crippen molar-refractivity contribution >= 4 is 45.5 Å². The quantitative estimate of drug-likeness (QED) is 0.401. The Morgan fingerprint density at radius 1 is 0.921 bits per heavy atom. The molecular formula is C31H35N5OS. The van der Waals surface area contributed by atoms with Crippen LogP contribution in [0.15, 0.2) is 58.6 Å². The first-order chi connectivity index (χ1) is 18.5. The van der Waals surface area contributed by atoms with E-state index in [2.05, 4.69) is 75.8 Å². The summed E-state index contributed by atoms with van der Waals surface area (Å²) in [7, 11) is 0. The van der Waals surface area contributed by atoms with Crippen molar-refractivity contribution in [3.63, 3.8) is 0 Å². The summed E-state index contributed by atoms with van der Waals surface area (Å²) in [5.74, 6) is -0.135. The molecule has 0 atom stereocenters. The van der Waals surface area contributed by atoms with Crippen LogP contribution < -0.4 is 4.90 Å². The maximum Gasteiger partial charge on any atom is 0.286 e. The molecule has 0 aliphatic carbocycles. The van der Waals surface area contributed by atoms with Crippen LogP contribution in [0.1, 0.15) is 37.8 Å². The fraction of sp³-hybridized carbons (Fsp3) is 0.387. The molecule has 0 radical (unpaired) electrons. The molecule has 2 aromatic carbocycles. The molecule has 196 valence electrons. The molecule has 3 aliphatic rings. The molecule has 2 fully saturated rings. The van der Waals surface area contributed by atoms with Crippen LogP contribution in [0, 0.1) is 6.92 Å². The van der Waals surface area contributed by atoms with Gasteiger partial charge in [-0.05, 0) is 104 Å². The maximum absolute atomic E-state index is 12.6. The van der Waals surface area contributed by atoms with Crippen molar-refractivity contribution in [2.75, 3.05) is 44.2 Å². The number of fused-ring (bicyclic) bond motifs is 1. The first-order valence-electron chi connectivity index (χ1n) is 13.7. The third-order valence-corrected chi connectivity index (χ3v) is 8.99. The van der Waals surface area contributed by atoms with Gasteiger partial charge in [-0.25, -0.2) is 0 Å². The molecule has 0 N–H and O–H groups in total. The number of aliphatic imine (C=N–C) groups is 1. The minimum Gasteiger partial charge on any atom is -0.369 e. The summed E-state index contributed by atoms with van der Waals surface area (Å²) in [6, 6.07) is 15.8. The second kappa shape index (κ2) is 10.5. The van der Waals surface area contributed by atoms with Crippen LogP contribution in [0.2, 0.25) is 0 Å². The van der Waals surface area contributed by atoms with Crippen LogP contribution in [0.3, 0.4) is 0 Å². The molecule has 6 rings (SSSR count). The summed E-state index contributed by atoms with van der Waals surface area (Å²) in [6.45, 7) is 13.1. The topological polar surface area (TPSA) is 52.0 Å². The lowest BCUT2D eigenvalue weighted by Gasteiger charge is -2.38. The number of pyridine rings is 1. The lowest BCUT2D eigenvalue weighted by atomic mass is 9.97. The molecule has 7 heteroatoms. The Labute approximate surface area is 229 Å². The highest BCUT2D eigenvalue weighted by Crippen LogP contribution is 2.35. The van der Waals surface area contributed by atoms with E-state index in [0.717, 1.165) is 66.5 Å². The predicted molar refractivity (Wildman–Crippen MR) is 160 cm³/mol. The first-order valence-corrected chi connectivity index (χ1v) is 14.5. The highest BCUT2D eigenvalue weighted by atomic mass is 32.2. The Kier molecular flexibility index (Phi) is 6.97. The molecule has 38 heavy (non-hydrogen) atoms. The molecule has 3 aromatic rings. The van der Waals surface area contributed by atoms with Crippen LogP contribution >= 0.6 is 11.8 Å². The Morgan fingerprint density at radius 3 is 2.45 bits per heavy atom. The summed E-state index contributed by atoms with van der Waals surface area (Å²) >= 11 is 1.50. The zero-order valence-electron chi connectivity index (χ0n) is 22.5. The number of hydrogen-bond donors (Lipinski definition) is 0.